The lowest BCUT2D eigenvalue weighted by Gasteiger charge is -2.23. The number of rotatable bonds is 8. The standard InChI is InChI=1S/C26H25NO2/c28-25-23-13-7-8-14-24(23)26(29)27(25)19-22(17-15-20-9-3-1-4-10-20)18-16-21-11-5-2-6-12-21/h1-14,22H,15-19H2. The second-order valence-electron chi connectivity index (χ2n) is 7.68. The Morgan fingerprint density at radius 1 is 0.586 bits per heavy atom. The van der Waals surface area contributed by atoms with Crippen LogP contribution in [-0.2, 0) is 12.8 Å². The number of carbonyl (C=O) groups excluding carboxylic acids is 2. The minimum absolute atomic E-state index is 0.157. The van der Waals surface area contributed by atoms with Gasteiger partial charge in [-0.1, -0.05) is 72.8 Å². The molecular weight excluding hydrogens is 358 g/mol. The summed E-state index contributed by atoms with van der Waals surface area (Å²) >= 11 is 0. The quantitative estimate of drug-likeness (QED) is 0.504. The largest absolute Gasteiger partial charge is 0.274 e. The second-order valence-corrected chi connectivity index (χ2v) is 7.68. The van der Waals surface area contributed by atoms with Gasteiger partial charge in [-0.2, -0.15) is 0 Å². The number of hydrogen-bond acceptors (Lipinski definition) is 2. The van der Waals surface area contributed by atoms with Crippen LogP contribution in [0, 0.1) is 5.92 Å². The van der Waals surface area contributed by atoms with E-state index in [0.29, 0.717) is 17.7 Å². The van der Waals surface area contributed by atoms with Gasteiger partial charge in [0.2, 0.25) is 0 Å². The zero-order valence-electron chi connectivity index (χ0n) is 16.5. The molecule has 0 saturated carbocycles. The lowest BCUT2D eigenvalue weighted by molar-refractivity contribution is 0.0623. The summed E-state index contributed by atoms with van der Waals surface area (Å²) in [4.78, 5) is 27.0. The monoisotopic (exact) mass is 383 g/mol. The van der Waals surface area contributed by atoms with Crippen molar-refractivity contribution in [1.82, 2.24) is 4.90 Å². The molecule has 3 heteroatoms. The topological polar surface area (TPSA) is 37.4 Å². The molecule has 3 aromatic carbocycles. The van der Waals surface area contributed by atoms with Gasteiger partial charge in [0.25, 0.3) is 11.8 Å². The van der Waals surface area contributed by atoms with Crippen molar-refractivity contribution in [3.8, 4) is 0 Å². The Hall–Kier alpha value is -3.20. The molecule has 29 heavy (non-hydrogen) atoms. The average Bonchev–Trinajstić information content (AvgIpc) is 3.02. The van der Waals surface area contributed by atoms with E-state index < -0.39 is 0 Å². The van der Waals surface area contributed by atoms with E-state index in [0.717, 1.165) is 25.7 Å². The van der Waals surface area contributed by atoms with Crippen molar-refractivity contribution in [3.05, 3.63) is 107 Å². The normalized spacial score (nSPS) is 13.2. The van der Waals surface area contributed by atoms with Crippen molar-refractivity contribution < 1.29 is 9.59 Å². The molecule has 1 aliphatic rings. The summed E-state index contributed by atoms with van der Waals surface area (Å²) in [5, 5.41) is 0. The highest BCUT2D eigenvalue weighted by Crippen LogP contribution is 2.26. The van der Waals surface area contributed by atoms with Gasteiger partial charge < -0.3 is 0 Å². The molecule has 0 unspecified atom stereocenters. The molecule has 0 N–H and O–H groups in total. The fourth-order valence-electron chi connectivity index (χ4n) is 4.02. The lowest BCUT2D eigenvalue weighted by atomic mass is 9.92. The zero-order valence-corrected chi connectivity index (χ0v) is 16.5. The molecule has 0 aromatic heterocycles. The van der Waals surface area contributed by atoms with Crippen LogP contribution in [0.15, 0.2) is 84.9 Å². The van der Waals surface area contributed by atoms with Gasteiger partial charge in [-0.3, -0.25) is 14.5 Å². The van der Waals surface area contributed by atoms with E-state index in [1.807, 2.05) is 24.3 Å². The highest BCUT2D eigenvalue weighted by Gasteiger charge is 2.36. The Balaban J connectivity index is 1.47. The van der Waals surface area contributed by atoms with Crippen LogP contribution in [0.3, 0.4) is 0 Å². The number of amides is 2. The maximum absolute atomic E-state index is 12.8. The summed E-state index contributed by atoms with van der Waals surface area (Å²) < 4.78 is 0. The van der Waals surface area contributed by atoms with E-state index >= 15 is 0 Å². The van der Waals surface area contributed by atoms with Crippen molar-refractivity contribution >= 4 is 11.8 Å². The Bertz CT molecular complexity index is 903. The molecule has 4 rings (SSSR count). The molecule has 2 amide bonds. The van der Waals surface area contributed by atoms with Crippen molar-refractivity contribution in [2.24, 2.45) is 5.92 Å². The van der Waals surface area contributed by atoms with E-state index in [-0.39, 0.29) is 17.7 Å². The molecule has 0 aliphatic carbocycles. The van der Waals surface area contributed by atoms with Gasteiger partial charge >= 0.3 is 0 Å². The van der Waals surface area contributed by atoms with Crippen molar-refractivity contribution in [1.29, 1.82) is 0 Å². The Morgan fingerprint density at radius 3 is 1.45 bits per heavy atom. The molecule has 0 radical (unpaired) electrons. The third-order valence-electron chi connectivity index (χ3n) is 5.69. The van der Waals surface area contributed by atoms with E-state index in [1.165, 1.54) is 16.0 Å². The molecule has 0 bridgehead atoms. The van der Waals surface area contributed by atoms with Crippen LogP contribution in [-0.4, -0.2) is 23.3 Å². The van der Waals surface area contributed by atoms with E-state index in [4.69, 9.17) is 0 Å². The summed E-state index contributed by atoms with van der Waals surface area (Å²) in [6.45, 7) is 0.478. The highest BCUT2D eigenvalue weighted by atomic mass is 16.2. The number of carbonyl (C=O) groups is 2. The van der Waals surface area contributed by atoms with Crippen LogP contribution < -0.4 is 0 Å². The van der Waals surface area contributed by atoms with E-state index in [2.05, 4.69) is 48.5 Å². The SMILES string of the molecule is O=C1c2ccccc2C(=O)N1CC(CCc1ccccc1)CCc1ccccc1. The molecule has 3 nitrogen and oxygen atoms in total. The molecule has 0 fully saturated rings. The molecule has 0 spiro atoms. The lowest BCUT2D eigenvalue weighted by Crippen LogP contribution is -2.35. The van der Waals surface area contributed by atoms with Crippen LogP contribution in [0.25, 0.3) is 0 Å². The molecule has 0 saturated heterocycles. The molecule has 146 valence electrons. The Morgan fingerprint density at radius 2 is 1.00 bits per heavy atom. The third-order valence-corrected chi connectivity index (χ3v) is 5.69. The molecule has 0 atom stereocenters. The first-order valence-corrected chi connectivity index (χ1v) is 10.3. The van der Waals surface area contributed by atoms with Crippen molar-refractivity contribution in [2.75, 3.05) is 6.54 Å². The Labute approximate surface area is 172 Å². The minimum Gasteiger partial charge on any atom is -0.274 e. The smallest absolute Gasteiger partial charge is 0.261 e. The number of imide groups is 1. The molecular formula is C26H25NO2. The summed E-state index contributed by atoms with van der Waals surface area (Å²) in [6, 6.07) is 27.9. The number of hydrogen-bond donors (Lipinski definition) is 0. The number of fused-ring (bicyclic) bond motifs is 1. The maximum atomic E-state index is 12.8. The first kappa shape index (κ1) is 19.1. The second kappa shape index (κ2) is 8.87. The number of benzene rings is 3. The summed E-state index contributed by atoms with van der Waals surface area (Å²) in [7, 11) is 0. The van der Waals surface area contributed by atoms with Crippen LogP contribution in [0.5, 0.6) is 0 Å². The zero-order chi connectivity index (χ0) is 20.1. The highest BCUT2D eigenvalue weighted by molar-refractivity contribution is 6.21. The van der Waals surface area contributed by atoms with Crippen LogP contribution in [0.1, 0.15) is 44.7 Å². The van der Waals surface area contributed by atoms with Gasteiger partial charge in [-0.15, -0.1) is 0 Å². The van der Waals surface area contributed by atoms with Crippen molar-refractivity contribution in [3.63, 3.8) is 0 Å². The predicted molar refractivity (Wildman–Crippen MR) is 115 cm³/mol. The first-order chi connectivity index (χ1) is 14.2. The third kappa shape index (κ3) is 4.45. The number of nitrogens with zero attached hydrogens (tertiary/aromatic N) is 1. The van der Waals surface area contributed by atoms with Crippen LogP contribution in [0.2, 0.25) is 0 Å². The average molecular weight is 383 g/mol. The van der Waals surface area contributed by atoms with E-state index in [1.54, 1.807) is 12.1 Å². The minimum atomic E-state index is -0.157. The van der Waals surface area contributed by atoms with Gasteiger partial charge in [-0.25, -0.2) is 0 Å². The van der Waals surface area contributed by atoms with Crippen molar-refractivity contribution in [2.45, 2.75) is 25.7 Å². The Kier molecular flexibility index (Phi) is 5.85. The molecule has 1 heterocycles. The number of aryl methyl sites for hydroxylation is 2. The fourth-order valence-corrected chi connectivity index (χ4v) is 4.02. The van der Waals surface area contributed by atoms with Crippen LogP contribution in [0.4, 0.5) is 0 Å². The molecule has 3 aromatic rings. The summed E-state index contributed by atoms with van der Waals surface area (Å²) in [5.41, 5.74) is 3.64. The van der Waals surface area contributed by atoms with Gasteiger partial charge in [-0.05, 0) is 54.9 Å². The predicted octanol–water partition coefficient (Wildman–Crippen LogP) is 5.16. The summed E-state index contributed by atoms with van der Waals surface area (Å²) in [5.74, 6) is -0.0531. The first-order valence-electron chi connectivity index (χ1n) is 10.3. The van der Waals surface area contributed by atoms with Gasteiger partial charge in [0.05, 0.1) is 11.1 Å². The fraction of sp³-hybridized carbons (Fsp3) is 0.231. The van der Waals surface area contributed by atoms with Gasteiger partial charge in [0.1, 0.15) is 0 Å². The van der Waals surface area contributed by atoms with Crippen LogP contribution >= 0.6 is 0 Å². The van der Waals surface area contributed by atoms with E-state index in [9.17, 15) is 9.59 Å². The van der Waals surface area contributed by atoms with Gasteiger partial charge in [0, 0.05) is 6.54 Å². The maximum Gasteiger partial charge on any atom is 0.261 e. The molecule has 1 aliphatic heterocycles. The summed E-state index contributed by atoms with van der Waals surface area (Å²) in [6.07, 6.45) is 3.79. The van der Waals surface area contributed by atoms with Gasteiger partial charge in [0.15, 0.2) is 0 Å².